The summed E-state index contributed by atoms with van der Waals surface area (Å²) in [6, 6.07) is 0. The van der Waals surface area contributed by atoms with Gasteiger partial charge in [0.15, 0.2) is 0 Å². The number of halogens is 1. The van der Waals surface area contributed by atoms with Gasteiger partial charge in [0.25, 0.3) is 0 Å². The van der Waals surface area contributed by atoms with Gasteiger partial charge in [-0.15, -0.1) is 11.6 Å². The lowest BCUT2D eigenvalue weighted by Crippen LogP contribution is -2.39. The van der Waals surface area contributed by atoms with Crippen molar-refractivity contribution >= 4 is 28.4 Å². The van der Waals surface area contributed by atoms with Crippen molar-refractivity contribution in [2.24, 2.45) is 0 Å². The molecule has 0 saturated heterocycles. The van der Waals surface area contributed by atoms with E-state index in [0.29, 0.717) is 0 Å². The van der Waals surface area contributed by atoms with Crippen LogP contribution >= 0.6 is 11.6 Å². The van der Waals surface area contributed by atoms with Gasteiger partial charge >= 0.3 is 0 Å². The smallest absolute Gasteiger partial charge is 0.238 e. The number of hydrogen-bond donors (Lipinski definition) is 1. The average molecular weight is 189 g/mol. The molecule has 9 heavy (non-hydrogen) atoms. The summed E-state index contributed by atoms with van der Waals surface area (Å²) in [5.74, 6) is 0. The van der Waals surface area contributed by atoms with Gasteiger partial charge in [0.2, 0.25) is 16.8 Å². The molecule has 1 N–H and O–H groups in total. The number of rotatable bonds is 2. The Morgan fingerprint density at radius 1 is 1.56 bits per heavy atom. The number of hydrogen-bond acceptors (Lipinski definition) is 2. The first kappa shape index (κ1) is 9.42. The molecule has 0 rings (SSSR count). The van der Waals surface area contributed by atoms with Gasteiger partial charge in [-0.2, -0.15) is 0 Å². The van der Waals surface area contributed by atoms with E-state index in [0.717, 1.165) is 0 Å². The third kappa shape index (κ3) is 2.25. The van der Waals surface area contributed by atoms with Crippen LogP contribution in [-0.4, -0.2) is 25.7 Å². The summed E-state index contributed by atoms with van der Waals surface area (Å²) in [6.45, 7) is 2.99. The van der Waals surface area contributed by atoms with Gasteiger partial charge in [-0.05, 0) is 0 Å². The zero-order valence-corrected chi connectivity index (χ0v) is 7.83. The van der Waals surface area contributed by atoms with E-state index in [-0.39, 0.29) is 5.50 Å². The lowest BCUT2D eigenvalue weighted by Gasteiger charge is -2.12. The zero-order chi connectivity index (χ0) is 7.71. The topological polar surface area (TPSA) is 54.4 Å². The van der Waals surface area contributed by atoms with Crippen LogP contribution < -0.4 is 0 Å². The summed E-state index contributed by atoms with van der Waals surface area (Å²) in [5.41, 5.74) is 0.0336. The van der Waals surface area contributed by atoms with E-state index >= 15 is 0 Å². The highest BCUT2D eigenvalue weighted by molar-refractivity contribution is 8.18. The van der Waals surface area contributed by atoms with Gasteiger partial charge < -0.3 is 0 Å². The lowest BCUT2D eigenvalue weighted by molar-refractivity contribution is 0.498. The number of alkyl halides is 1. The fraction of sp³-hybridized carbons (Fsp3) is 1.00. The molecule has 0 aromatic rings. The van der Waals surface area contributed by atoms with Crippen molar-refractivity contribution in [2.45, 2.75) is 13.1 Å². The maximum atomic E-state index is 10.4. The normalized spacial score (nSPS) is 13.8. The lowest BCUT2D eigenvalue weighted by atomic mass is 11.8. The molecule has 0 aliphatic heterocycles. The van der Waals surface area contributed by atoms with Crippen LogP contribution in [0, 0.1) is 0 Å². The van der Waals surface area contributed by atoms with Gasteiger partial charge in [0, 0.05) is 5.50 Å². The molecule has 0 saturated carbocycles. The van der Waals surface area contributed by atoms with Crippen LogP contribution in [0.3, 0.4) is 0 Å². The van der Waals surface area contributed by atoms with Crippen LogP contribution in [0.1, 0.15) is 0 Å². The molecule has 3 nitrogen and oxygen atoms in total. The van der Waals surface area contributed by atoms with Gasteiger partial charge in [-0.3, -0.25) is 4.55 Å². The third-order valence-electron chi connectivity index (χ3n) is 1.02. The van der Waals surface area contributed by atoms with Crippen molar-refractivity contribution in [2.75, 3.05) is 5.50 Å². The molecule has 56 valence electrons. The first-order valence-electron chi connectivity index (χ1n) is 2.34. The fourth-order valence-electron chi connectivity index (χ4n) is 0.0689. The molecule has 0 heterocycles. The Morgan fingerprint density at radius 3 is 1.89 bits per heavy atom. The average Bonchev–Trinajstić information content (AvgIpc) is 1.64. The highest BCUT2D eigenvalue weighted by Gasteiger charge is 2.35. The third-order valence-corrected chi connectivity index (χ3v) is 10.2. The van der Waals surface area contributed by atoms with Crippen molar-refractivity contribution in [1.29, 1.82) is 0 Å². The van der Waals surface area contributed by atoms with Crippen molar-refractivity contribution in [3.63, 3.8) is 0 Å². The minimum atomic E-state index is -3.85. The van der Waals surface area contributed by atoms with E-state index in [1.165, 1.54) is 13.1 Å². The Hall–Kier alpha value is 0.417. The summed E-state index contributed by atoms with van der Waals surface area (Å²) in [4.78, 5) is 0. The molecular weight excluding hydrogens is 180 g/mol. The van der Waals surface area contributed by atoms with Crippen LogP contribution in [0.4, 0.5) is 0 Å². The molecule has 0 amide bonds. The highest BCUT2D eigenvalue weighted by Crippen LogP contribution is 2.10. The molecule has 0 aromatic carbocycles. The monoisotopic (exact) mass is 188 g/mol. The Balaban J connectivity index is 4.56. The zero-order valence-electron chi connectivity index (χ0n) is 5.26. The molecule has 6 heteroatoms. The standard InChI is InChI=1S/C3H9ClO3SSi/c1-9(2,3-4)8(5,6)7/h3H2,1-2H3,(H,5,6,7). The molecule has 0 atom stereocenters. The largest absolute Gasteiger partial charge is 0.291 e. The molecule has 0 unspecified atom stereocenters. The first-order chi connectivity index (χ1) is 3.81. The molecule has 0 bridgehead atoms. The summed E-state index contributed by atoms with van der Waals surface area (Å²) in [6.07, 6.45) is 0. The maximum Gasteiger partial charge on any atom is 0.238 e. The van der Waals surface area contributed by atoms with E-state index in [9.17, 15) is 8.42 Å². The summed E-state index contributed by atoms with van der Waals surface area (Å²) in [5, 5.41) is 0. The second-order valence-electron chi connectivity index (χ2n) is 2.37. The Morgan fingerprint density at radius 2 is 1.89 bits per heavy atom. The minimum Gasteiger partial charge on any atom is -0.291 e. The SMILES string of the molecule is C[Si](C)(CCl)S(=O)(=O)O. The van der Waals surface area contributed by atoms with Crippen molar-refractivity contribution in [1.82, 2.24) is 0 Å². The van der Waals surface area contributed by atoms with Crippen LogP contribution in [0.5, 0.6) is 0 Å². The van der Waals surface area contributed by atoms with Gasteiger partial charge in [-0.25, -0.2) is 8.42 Å². The van der Waals surface area contributed by atoms with E-state index in [4.69, 9.17) is 16.2 Å². The fourth-order valence-corrected chi connectivity index (χ4v) is 1.86. The van der Waals surface area contributed by atoms with E-state index in [1.54, 1.807) is 0 Å². The van der Waals surface area contributed by atoms with E-state index in [1.807, 2.05) is 0 Å². The van der Waals surface area contributed by atoms with Crippen molar-refractivity contribution in [3.8, 4) is 0 Å². The molecular formula is C3H9ClO3SSi. The van der Waals surface area contributed by atoms with Crippen LogP contribution in [0.25, 0.3) is 0 Å². The molecule has 0 fully saturated rings. The predicted molar refractivity (Wildman–Crippen MR) is 39.8 cm³/mol. The van der Waals surface area contributed by atoms with Crippen LogP contribution in [0.15, 0.2) is 0 Å². The molecule has 0 aliphatic carbocycles. The molecule has 0 radical (unpaired) electrons. The maximum absolute atomic E-state index is 10.4. The van der Waals surface area contributed by atoms with Crippen LogP contribution in [0.2, 0.25) is 13.1 Å². The molecule has 0 aliphatic rings. The summed E-state index contributed by atoms with van der Waals surface area (Å²) >= 11 is 5.30. The minimum absolute atomic E-state index is 0.0336. The summed E-state index contributed by atoms with van der Waals surface area (Å²) < 4.78 is 29.3. The van der Waals surface area contributed by atoms with E-state index in [2.05, 4.69) is 0 Å². The van der Waals surface area contributed by atoms with Gasteiger partial charge in [-0.1, -0.05) is 13.1 Å². The Labute approximate surface area is 60.4 Å². The van der Waals surface area contributed by atoms with Crippen molar-refractivity contribution in [3.05, 3.63) is 0 Å². The quantitative estimate of drug-likeness (QED) is 0.397. The van der Waals surface area contributed by atoms with Crippen molar-refractivity contribution < 1.29 is 13.0 Å². The Kier molecular flexibility index (Phi) is 2.69. The van der Waals surface area contributed by atoms with Gasteiger partial charge in [0.1, 0.15) is 0 Å². The first-order valence-corrected chi connectivity index (χ1v) is 8.25. The second-order valence-corrected chi connectivity index (χ2v) is 12.8. The van der Waals surface area contributed by atoms with E-state index < -0.39 is 16.8 Å². The molecule has 0 spiro atoms. The Bertz CT molecular complexity index is 185. The molecule has 0 aromatic heterocycles. The van der Waals surface area contributed by atoms with Gasteiger partial charge in [0.05, 0.1) is 0 Å². The summed E-state index contributed by atoms with van der Waals surface area (Å²) in [7, 11) is -6.43. The highest BCUT2D eigenvalue weighted by atomic mass is 35.5. The van der Waals surface area contributed by atoms with Crippen LogP contribution in [-0.2, 0) is 9.57 Å². The second kappa shape index (κ2) is 2.57. The predicted octanol–water partition coefficient (Wildman–Crippen LogP) is 0.857.